The first-order chi connectivity index (χ1) is 8.10. The Labute approximate surface area is 105 Å². The van der Waals surface area contributed by atoms with Crippen molar-refractivity contribution in [2.75, 3.05) is 6.54 Å². The Morgan fingerprint density at radius 3 is 2.06 bits per heavy atom. The summed E-state index contributed by atoms with van der Waals surface area (Å²) in [5.74, 6) is 0.590. The highest BCUT2D eigenvalue weighted by Crippen LogP contribution is 2.22. The number of nitrogens with one attached hydrogen (secondary N) is 1. The van der Waals surface area contributed by atoms with E-state index >= 15 is 0 Å². The summed E-state index contributed by atoms with van der Waals surface area (Å²) in [7, 11) is 0. The lowest BCUT2D eigenvalue weighted by atomic mass is 9.95. The van der Waals surface area contributed by atoms with Crippen LogP contribution in [0.25, 0.3) is 0 Å². The van der Waals surface area contributed by atoms with Crippen molar-refractivity contribution < 1.29 is 5.11 Å². The van der Waals surface area contributed by atoms with Crippen LogP contribution in [0.1, 0.15) is 57.3 Å². The third kappa shape index (κ3) is 3.83. The molecule has 0 saturated carbocycles. The van der Waals surface area contributed by atoms with Gasteiger partial charge in [-0.1, -0.05) is 45.0 Å². The average Bonchev–Trinajstić information content (AvgIpc) is 2.37. The predicted octanol–water partition coefficient (Wildman–Crippen LogP) is 3.23. The molecule has 0 aliphatic rings. The van der Waals surface area contributed by atoms with Crippen molar-refractivity contribution in [1.82, 2.24) is 5.32 Å². The Balaban J connectivity index is 2.73. The van der Waals surface area contributed by atoms with Gasteiger partial charge >= 0.3 is 0 Å². The fourth-order valence-electron chi connectivity index (χ4n) is 1.98. The van der Waals surface area contributed by atoms with Gasteiger partial charge in [0.2, 0.25) is 0 Å². The highest BCUT2D eigenvalue weighted by atomic mass is 16.3. The second-order valence-corrected chi connectivity index (χ2v) is 4.77. The van der Waals surface area contributed by atoms with Crippen molar-refractivity contribution >= 4 is 0 Å². The van der Waals surface area contributed by atoms with Crippen LogP contribution < -0.4 is 5.32 Å². The number of benzene rings is 1. The molecule has 1 aromatic rings. The lowest BCUT2D eigenvalue weighted by Crippen LogP contribution is -2.31. The van der Waals surface area contributed by atoms with Crippen LogP contribution in [0.4, 0.5) is 0 Å². The van der Waals surface area contributed by atoms with E-state index in [0.29, 0.717) is 5.92 Å². The monoisotopic (exact) mass is 235 g/mol. The zero-order valence-corrected chi connectivity index (χ0v) is 11.4. The molecule has 0 aliphatic carbocycles. The van der Waals surface area contributed by atoms with E-state index in [1.54, 1.807) is 0 Å². The molecule has 0 heterocycles. The summed E-state index contributed by atoms with van der Waals surface area (Å²) in [6.07, 6.45) is 0.719. The lowest BCUT2D eigenvalue weighted by Gasteiger charge is -2.20. The molecule has 2 heteroatoms. The Morgan fingerprint density at radius 1 is 1.06 bits per heavy atom. The number of hydrogen-bond donors (Lipinski definition) is 2. The summed E-state index contributed by atoms with van der Waals surface area (Å²) in [5, 5.41) is 13.4. The number of aliphatic hydroxyl groups excluding tert-OH is 1. The topological polar surface area (TPSA) is 32.3 Å². The number of hydrogen-bond acceptors (Lipinski definition) is 2. The van der Waals surface area contributed by atoms with E-state index in [2.05, 4.69) is 38.2 Å². The number of aliphatic hydroxyl groups is 1. The zero-order chi connectivity index (χ0) is 12.8. The standard InChI is InChI=1S/C15H25NO/c1-5-11(3)13-7-9-14(10-8-13)15(17)12(4)16-6-2/h7-12,15-17H,5-6H2,1-4H3. The van der Waals surface area contributed by atoms with Crippen molar-refractivity contribution in [1.29, 1.82) is 0 Å². The molecular formula is C15H25NO. The first-order valence-electron chi connectivity index (χ1n) is 6.61. The van der Waals surface area contributed by atoms with Crippen molar-refractivity contribution in [3.8, 4) is 0 Å². The van der Waals surface area contributed by atoms with E-state index in [4.69, 9.17) is 0 Å². The van der Waals surface area contributed by atoms with Crippen molar-refractivity contribution in [2.24, 2.45) is 0 Å². The van der Waals surface area contributed by atoms with Crippen LogP contribution in [-0.2, 0) is 0 Å². The van der Waals surface area contributed by atoms with E-state index in [9.17, 15) is 5.11 Å². The second-order valence-electron chi connectivity index (χ2n) is 4.77. The molecule has 3 unspecified atom stereocenters. The Hall–Kier alpha value is -0.860. The molecule has 0 amide bonds. The number of rotatable bonds is 6. The van der Waals surface area contributed by atoms with E-state index in [1.165, 1.54) is 5.56 Å². The first-order valence-corrected chi connectivity index (χ1v) is 6.61. The molecule has 96 valence electrons. The Bertz CT molecular complexity index is 320. The van der Waals surface area contributed by atoms with Crippen LogP contribution in [-0.4, -0.2) is 17.7 Å². The smallest absolute Gasteiger partial charge is 0.0940 e. The average molecular weight is 235 g/mol. The largest absolute Gasteiger partial charge is 0.387 e. The molecule has 2 N–H and O–H groups in total. The highest BCUT2D eigenvalue weighted by Gasteiger charge is 2.15. The zero-order valence-electron chi connectivity index (χ0n) is 11.4. The molecule has 1 rings (SSSR count). The predicted molar refractivity (Wildman–Crippen MR) is 73.2 cm³/mol. The van der Waals surface area contributed by atoms with Gasteiger partial charge in [0.05, 0.1) is 6.10 Å². The van der Waals surface area contributed by atoms with E-state index in [-0.39, 0.29) is 6.04 Å². The summed E-state index contributed by atoms with van der Waals surface area (Å²) < 4.78 is 0. The molecule has 0 radical (unpaired) electrons. The molecule has 17 heavy (non-hydrogen) atoms. The molecule has 0 spiro atoms. The Kier molecular flexibility index (Phi) is 5.66. The van der Waals surface area contributed by atoms with Gasteiger partial charge in [0, 0.05) is 6.04 Å². The molecule has 1 aromatic carbocycles. The summed E-state index contributed by atoms with van der Waals surface area (Å²) >= 11 is 0. The summed E-state index contributed by atoms with van der Waals surface area (Å²) in [4.78, 5) is 0. The molecule has 3 atom stereocenters. The third-order valence-corrected chi connectivity index (χ3v) is 3.46. The normalized spacial score (nSPS) is 16.5. The van der Waals surface area contributed by atoms with E-state index in [0.717, 1.165) is 18.5 Å². The molecule has 0 aromatic heterocycles. The van der Waals surface area contributed by atoms with Crippen LogP contribution in [0.2, 0.25) is 0 Å². The van der Waals surface area contributed by atoms with Crippen molar-refractivity contribution in [3.63, 3.8) is 0 Å². The van der Waals surface area contributed by atoms with Gasteiger partial charge in [-0.2, -0.15) is 0 Å². The SMILES string of the molecule is CCNC(C)C(O)c1ccc(C(C)CC)cc1. The maximum atomic E-state index is 10.1. The van der Waals surface area contributed by atoms with Gasteiger partial charge < -0.3 is 10.4 Å². The van der Waals surface area contributed by atoms with E-state index < -0.39 is 6.10 Å². The van der Waals surface area contributed by atoms with Crippen LogP contribution in [0.3, 0.4) is 0 Å². The van der Waals surface area contributed by atoms with Crippen molar-refractivity contribution in [3.05, 3.63) is 35.4 Å². The van der Waals surface area contributed by atoms with Crippen LogP contribution in [0.5, 0.6) is 0 Å². The quantitative estimate of drug-likeness (QED) is 0.793. The molecule has 0 aliphatic heterocycles. The lowest BCUT2D eigenvalue weighted by molar-refractivity contribution is 0.137. The van der Waals surface area contributed by atoms with Gasteiger partial charge in [0.25, 0.3) is 0 Å². The van der Waals surface area contributed by atoms with E-state index in [1.807, 2.05) is 19.1 Å². The molecular weight excluding hydrogens is 210 g/mol. The minimum Gasteiger partial charge on any atom is -0.387 e. The maximum absolute atomic E-state index is 10.1. The second kappa shape index (κ2) is 6.77. The minimum atomic E-state index is -0.430. The van der Waals surface area contributed by atoms with Gasteiger partial charge in [-0.3, -0.25) is 0 Å². The minimum absolute atomic E-state index is 0.0921. The highest BCUT2D eigenvalue weighted by molar-refractivity contribution is 5.27. The van der Waals surface area contributed by atoms with Gasteiger partial charge in [-0.25, -0.2) is 0 Å². The molecule has 0 fully saturated rings. The maximum Gasteiger partial charge on any atom is 0.0940 e. The third-order valence-electron chi connectivity index (χ3n) is 3.46. The van der Waals surface area contributed by atoms with Gasteiger partial charge in [-0.05, 0) is 36.9 Å². The molecule has 2 nitrogen and oxygen atoms in total. The first kappa shape index (κ1) is 14.2. The fraction of sp³-hybridized carbons (Fsp3) is 0.600. The van der Waals surface area contributed by atoms with Crippen molar-refractivity contribution in [2.45, 2.75) is 52.2 Å². The fourth-order valence-corrected chi connectivity index (χ4v) is 1.98. The molecule has 0 bridgehead atoms. The summed E-state index contributed by atoms with van der Waals surface area (Å²) in [6.45, 7) is 9.36. The van der Waals surface area contributed by atoms with Crippen LogP contribution in [0, 0.1) is 0 Å². The molecule has 0 saturated heterocycles. The van der Waals surface area contributed by atoms with Gasteiger partial charge in [-0.15, -0.1) is 0 Å². The summed E-state index contributed by atoms with van der Waals surface area (Å²) in [6, 6.07) is 8.44. The van der Waals surface area contributed by atoms with Gasteiger partial charge in [0.15, 0.2) is 0 Å². The van der Waals surface area contributed by atoms with Crippen LogP contribution >= 0.6 is 0 Å². The Morgan fingerprint density at radius 2 is 1.59 bits per heavy atom. The van der Waals surface area contributed by atoms with Crippen LogP contribution in [0.15, 0.2) is 24.3 Å². The number of likely N-dealkylation sites (N-methyl/N-ethyl adjacent to an activating group) is 1. The van der Waals surface area contributed by atoms with Gasteiger partial charge in [0.1, 0.15) is 0 Å². The summed E-state index contributed by atoms with van der Waals surface area (Å²) in [5.41, 5.74) is 2.34.